The lowest BCUT2D eigenvalue weighted by molar-refractivity contribution is 0.405. The van der Waals surface area contributed by atoms with Crippen molar-refractivity contribution in [3.05, 3.63) is 53.1 Å². The van der Waals surface area contributed by atoms with Gasteiger partial charge in [0.25, 0.3) is 0 Å². The Morgan fingerprint density at radius 1 is 1.19 bits per heavy atom. The Balaban J connectivity index is 2.30. The Hall–Kier alpha value is -1.16. The Morgan fingerprint density at radius 2 is 1.95 bits per heavy atom. The van der Waals surface area contributed by atoms with Crippen molar-refractivity contribution in [2.45, 2.75) is 35.6 Å². The van der Waals surface area contributed by atoms with E-state index in [1.807, 2.05) is 30.3 Å². The Bertz CT molecular complexity index is 603. The molecule has 0 heterocycles. The fourth-order valence-electron chi connectivity index (χ4n) is 2.06. The molecule has 0 saturated heterocycles. The fraction of sp³-hybridized carbons (Fsp3) is 0.294. The van der Waals surface area contributed by atoms with Crippen molar-refractivity contribution in [1.82, 2.24) is 0 Å². The van der Waals surface area contributed by atoms with Crippen molar-refractivity contribution in [3.63, 3.8) is 0 Å². The van der Waals surface area contributed by atoms with Gasteiger partial charge in [-0.2, -0.15) is 0 Å². The van der Waals surface area contributed by atoms with Crippen LogP contribution < -0.4 is 10.5 Å². The number of para-hydroxylation sites is 1. The maximum atomic E-state index is 6.13. The average molecular weight is 322 g/mol. The molecular weight excluding hydrogens is 302 g/mol. The summed E-state index contributed by atoms with van der Waals surface area (Å²) in [5.41, 5.74) is 7.28. The van der Waals surface area contributed by atoms with Crippen LogP contribution in [0.25, 0.3) is 0 Å². The van der Waals surface area contributed by atoms with E-state index >= 15 is 0 Å². The van der Waals surface area contributed by atoms with Gasteiger partial charge < -0.3 is 10.5 Å². The molecule has 112 valence electrons. The maximum Gasteiger partial charge on any atom is 0.132 e. The van der Waals surface area contributed by atoms with Crippen LogP contribution in [0.15, 0.2) is 52.3 Å². The first kappa shape index (κ1) is 16.2. The predicted octanol–water partition coefficient (Wildman–Crippen LogP) is 4.78. The minimum absolute atomic E-state index is 0.153. The van der Waals surface area contributed by atoms with Crippen LogP contribution in [0.3, 0.4) is 0 Å². The Morgan fingerprint density at radius 3 is 2.67 bits per heavy atom. The average Bonchev–Trinajstić information content (AvgIpc) is 2.50. The first-order chi connectivity index (χ1) is 10.1. The molecule has 0 saturated carbocycles. The van der Waals surface area contributed by atoms with Crippen molar-refractivity contribution in [2.75, 3.05) is 7.11 Å². The third kappa shape index (κ3) is 4.40. The molecule has 2 rings (SSSR count). The van der Waals surface area contributed by atoms with E-state index < -0.39 is 0 Å². The van der Waals surface area contributed by atoms with Gasteiger partial charge in [-0.15, -0.1) is 0 Å². The highest BCUT2D eigenvalue weighted by Crippen LogP contribution is 2.37. The number of nitrogens with two attached hydrogens (primary N) is 1. The van der Waals surface area contributed by atoms with Crippen LogP contribution >= 0.6 is 23.4 Å². The third-order valence-corrected chi connectivity index (χ3v) is 4.73. The fourth-order valence-corrected chi connectivity index (χ4v) is 3.30. The third-order valence-electron chi connectivity index (χ3n) is 3.32. The molecule has 0 bridgehead atoms. The number of benzene rings is 2. The number of hydrogen-bond acceptors (Lipinski definition) is 3. The van der Waals surface area contributed by atoms with E-state index in [0.717, 1.165) is 28.5 Å². The summed E-state index contributed by atoms with van der Waals surface area (Å²) in [5, 5.41) is 0.748. The molecule has 0 aromatic heterocycles. The van der Waals surface area contributed by atoms with E-state index in [2.05, 4.69) is 19.1 Å². The molecule has 1 unspecified atom stereocenters. The van der Waals surface area contributed by atoms with E-state index in [4.69, 9.17) is 22.1 Å². The molecule has 0 fully saturated rings. The van der Waals surface area contributed by atoms with Crippen LogP contribution in [0.2, 0.25) is 5.02 Å². The van der Waals surface area contributed by atoms with Gasteiger partial charge in [0.05, 0.1) is 12.0 Å². The van der Waals surface area contributed by atoms with Crippen LogP contribution in [-0.2, 0) is 6.42 Å². The largest absolute Gasteiger partial charge is 0.496 e. The molecule has 0 aliphatic carbocycles. The zero-order chi connectivity index (χ0) is 15.2. The first-order valence-corrected chi connectivity index (χ1v) is 8.18. The highest BCUT2D eigenvalue weighted by Gasteiger charge is 2.11. The van der Waals surface area contributed by atoms with Crippen LogP contribution in [-0.4, -0.2) is 13.2 Å². The molecular formula is C17H20ClNOS. The second-order valence-corrected chi connectivity index (χ2v) is 6.40. The van der Waals surface area contributed by atoms with Crippen molar-refractivity contribution in [3.8, 4) is 5.75 Å². The van der Waals surface area contributed by atoms with Crippen molar-refractivity contribution in [1.29, 1.82) is 0 Å². The second kappa shape index (κ2) is 7.74. The molecule has 0 aliphatic heterocycles. The predicted molar refractivity (Wildman–Crippen MR) is 90.5 cm³/mol. The summed E-state index contributed by atoms with van der Waals surface area (Å²) in [7, 11) is 1.69. The van der Waals surface area contributed by atoms with Gasteiger partial charge in [-0.3, -0.25) is 0 Å². The summed E-state index contributed by atoms with van der Waals surface area (Å²) < 4.78 is 5.41. The zero-order valence-corrected chi connectivity index (χ0v) is 13.9. The maximum absolute atomic E-state index is 6.13. The molecule has 0 aliphatic rings. The van der Waals surface area contributed by atoms with Crippen molar-refractivity contribution in [2.24, 2.45) is 5.73 Å². The Labute approximate surface area is 135 Å². The molecule has 21 heavy (non-hydrogen) atoms. The van der Waals surface area contributed by atoms with Crippen LogP contribution in [0.5, 0.6) is 5.75 Å². The van der Waals surface area contributed by atoms with Crippen molar-refractivity contribution < 1.29 is 4.74 Å². The van der Waals surface area contributed by atoms with E-state index in [-0.39, 0.29) is 6.04 Å². The van der Waals surface area contributed by atoms with Gasteiger partial charge in [-0.05, 0) is 48.7 Å². The SMILES string of the molecule is CCC(N)Cc1cc(Cl)ccc1Sc1ccccc1OC. The van der Waals surface area contributed by atoms with Crippen LogP contribution in [0.4, 0.5) is 0 Å². The molecule has 0 radical (unpaired) electrons. The van der Waals surface area contributed by atoms with E-state index in [1.54, 1.807) is 18.9 Å². The van der Waals surface area contributed by atoms with Gasteiger partial charge in [0, 0.05) is 16.0 Å². The van der Waals surface area contributed by atoms with E-state index in [9.17, 15) is 0 Å². The molecule has 2 aromatic carbocycles. The van der Waals surface area contributed by atoms with Gasteiger partial charge in [-0.1, -0.05) is 42.4 Å². The molecule has 0 amide bonds. The standard InChI is InChI=1S/C17H20ClNOS/c1-3-14(19)11-12-10-13(18)8-9-16(12)21-17-7-5-4-6-15(17)20-2/h4-10,14H,3,11,19H2,1-2H3. The van der Waals surface area contributed by atoms with Gasteiger partial charge in [-0.25, -0.2) is 0 Å². The van der Waals surface area contributed by atoms with Crippen LogP contribution in [0, 0.1) is 0 Å². The lowest BCUT2D eigenvalue weighted by Crippen LogP contribution is -2.21. The quantitative estimate of drug-likeness (QED) is 0.831. The van der Waals surface area contributed by atoms with Gasteiger partial charge in [0.1, 0.15) is 5.75 Å². The monoisotopic (exact) mass is 321 g/mol. The lowest BCUT2D eigenvalue weighted by Gasteiger charge is -2.14. The van der Waals surface area contributed by atoms with Gasteiger partial charge in [0.2, 0.25) is 0 Å². The number of ether oxygens (including phenoxy) is 1. The normalized spacial score (nSPS) is 12.2. The summed E-state index contributed by atoms with van der Waals surface area (Å²) in [5.74, 6) is 0.878. The van der Waals surface area contributed by atoms with E-state index in [1.165, 1.54) is 10.5 Å². The van der Waals surface area contributed by atoms with Crippen molar-refractivity contribution >= 4 is 23.4 Å². The number of halogens is 1. The van der Waals surface area contributed by atoms with E-state index in [0.29, 0.717) is 0 Å². The number of methoxy groups -OCH3 is 1. The highest BCUT2D eigenvalue weighted by atomic mass is 35.5. The number of rotatable bonds is 6. The zero-order valence-electron chi connectivity index (χ0n) is 12.3. The van der Waals surface area contributed by atoms with Gasteiger partial charge in [0.15, 0.2) is 0 Å². The smallest absolute Gasteiger partial charge is 0.132 e. The molecule has 2 N–H and O–H groups in total. The summed E-state index contributed by atoms with van der Waals surface area (Å²) in [6.45, 7) is 2.10. The van der Waals surface area contributed by atoms with Gasteiger partial charge >= 0.3 is 0 Å². The number of hydrogen-bond donors (Lipinski definition) is 1. The molecule has 0 spiro atoms. The summed E-state index contributed by atoms with van der Waals surface area (Å²) in [6, 6.07) is 14.1. The highest BCUT2D eigenvalue weighted by molar-refractivity contribution is 7.99. The summed E-state index contributed by atoms with van der Waals surface area (Å²) in [4.78, 5) is 2.27. The first-order valence-electron chi connectivity index (χ1n) is 6.99. The lowest BCUT2D eigenvalue weighted by atomic mass is 10.0. The molecule has 2 nitrogen and oxygen atoms in total. The topological polar surface area (TPSA) is 35.2 Å². The molecule has 2 aromatic rings. The molecule has 4 heteroatoms. The second-order valence-electron chi connectivity index (χ2n) is 4.88. The minimum Gasteiger partial charge on any atom is -0.496 e. The minimum atomic E-state index is 0.153. The Kier molecular flexibility index (Phi) is 5.97. The summed E-state index contributed by atoms with van der Waals surface area (Å²) in [6.07, 6.45) is 1.78. The molecule has 1 atom stereocenters. The summed E-state index contributed by atoms with van der Waals surface area (Å²) >= 11 is 7.82. The van der Waals surface area contributed by atoms with Crippen LogP contribution in [0.1, 0.15) is 18.9 Å².